The number of nitrogens with one attached hydrogen (secondary N) is 1. The number of hydrogen-bond acceptors (Lipinski definition) is 6. The van der Waals surface area contributed by atoms with Crippen LogP contribution in [-0.2, 0) is 4.74 Å². The maximum Gasteiger partial charge on any atom is 0.240 e. The fourth-order valence-electron chi connectivity index (χ4n) is 2.48. The quantitative estimate of drug-likeness (QED) is 0.856. The predicted molar refractivity (Wildman–Crippen MR) is 75.1 cm³/mol. The molecule has 1 fully saturated rings. The van der Waals surface area contributed by atoms with Crippen molar-refractivity contribution in [2.24, 2.45) is 0 Å². The molecule has 2 atom stereocenters. The van der Waals surface area contributed by atoms with Crippen molar-refractivity contribution in [3.05, 3.63) is 11.9 Å². The molecule has 1 aromatic heterocycles. The van der Waals surface area contributed by atoms with Crippen molar-refractivity contribution in [2.45, 2.75) is 38.3 Å². The minimum atomic E-state index is -0.00587. The Hall–Kier alpha value is -1.40. The average Bonchev–Trinajstić information content (AvgIpc) is 2.53. The molecule has 1 aliphatic rings. The van der Waals surface area contributed by atoms with Crippen LogP contribution in [0.1, 0.15) is 37.9 Å². The lowest BCUT2D eigenvalue weighted by atomic mass is 9.99. The Kier molecular flexibility index (Phi) is 5.55. The Labute approximate surface area is 119 Å². The van der Waals surface area contributed by atoms with Crippen LogP contribution in [0.4, 0.5) is 0 Å². The third-order valence-corrected chi connectivity index (χ3v) is 3.45. The lowest BCUT2D eigenvalue weighted by Gasteiger charge is -2.31. The van der Waals surface area contributed by atoms with E-state index in [0.717, 1.165) is 31.7 Å². The summed E-state index contributed by atoms with van der Waals surface area (Å²) in [5, 5.41) is 3.43. The fourth-order valence-corrected chi connectivity index (χ4v) is 2.48. The number of methoxy groups -OCH3 is 2. The van der Waals surface area contributed by atoms with Crippen LogP contribution in [0.15, 0.2) is 6.20 Å². The van der Waals surface area contributed by atoms with Crippen LogP contribution in [-0.4, -0.2) is 43.4 Å². The lowest BCUT2D eigenvalue weighted by Crippen LogP contribution is -2.36. The number of nitrogens with zero attached hydrogens (tertiary/aromatic N) is 2. The van der Waals surface area contributed by atoms with Gasteiger partial charge in [0.05, 0.1) is 32.6 Å². The standard InChI is InChI=1S/C14H23N3O3/c1-4-15-12(10-7-5-6-8-20-10)13-14(19-3)17-11(18-2)9-16-13/h9-10,12,15H,4-8H2,1-3H3. The monoisotopic (exact) mass is 281 g/mol. The molecule has 0 aromatic carbocycles. The number of rotatable bonds is 6. The molecule has 1 N–H and O–H groups in total. The van der Waals surface area contributed by atoms with E-state index >= 15 is 0 Å². The SMILES string of the molecule is CCNC(c1ncc(OC)nc1OC)C1CCCCO1. The van der Waals surface area contributed by atoms with Crippen molar-refractivity contribution in [1.29, 1.82) is 0 Å². The van der Waals surface area contributed by atoms with Gasteiger partial charge in [0.1, 0.15) is 5.69 Å². The number of likely N-dealkylation sites (N-methyl/N-ethyl adjacent to an activating group) is 1. The third kappa shape index (κ3) is 3.37. The smallest absolute Gasteiger partial charge is 0.240 e. The van der Waals surface area contributed by atoms with Crippen molar-refractivity contribution in [3.8, 4) is 11.8 Å². The molecule has 0 amide bonds. The third-order valence-electron chi connectivity index (χ3n) is 3.45. The Morgan fingerprint density at radius 3 is 2.85 bits per heavy atom. The highest BCUT2D eigenvalue weighted by Gasteiger charge is 2.29. The highest BCUT2D eigenvalue weighted by Crippen LogP contribution is 2.30. The van der Waals surface area contributed by atoms with E-state index in [1.165, 1.54) is 6.42 Å². The molecular weight excluding hydrogens is 258 g/mol. The van der Waals surface area contributed by atoms with Crippen molar-refractivity contribution >= 4 is 0 Å². The number of hydrogen-bond donors (Lipinski definition) is 1. The second-order valence-electron chi connectivity index (χ2n) is 4.75. The minimum absolute atomic E-state index is 0.00587. The Morgan fingerprint density at radius 2 is 2.25 bits per heavy atom. The van der Waals surface area contributed by atoms with E-state index in [0.29, 0.717) is 11.8 Å². The second-order valence-corrected chi connectivity index (χ2v) is 4.75. The molecule has 2 unspecified atom stereocenters. The summed E-state index contributed by atoms with van der Waals surface area (Å²) in [6.45, 7) is 3.71. The first-order valence-corrected chi connectivity index (χ1v) is 7.10. The summed E-state index contributed by atoms with van der Waals surface area (Å²) in [6.07, 6.45) is 5.05. The summed E-state index contributed by atoms with van der Waals surface area (Å²) < 4.78 is 16.3. The van der Waals surface area contributed by atoms with Crippen molar-refractivity contribution in [3.63, 3.8) is 0 Å². The molecule has 6 nitrogen and oxygen atoms in total. The van der Waals surface area contributed by atoms with Crippen LogP contribution in [0.3, 0.4) is 0 Å². The fraction of sp³-hybridized carbons (Fsp3) is 0.714. The molecule has 0 bridgehead atoms. The number of aromatic nitrogens is 2. The van der Waals surface area contributed by atoms with Gasteiger partial charge in [-0.05, 0) is 25.8 Å². The summed E-state index contributed by atoms with van der Waals surface area (Å²) >= 11 is 0. The molecule has 1 aliphatic heterocycles. The van der Waals surface area contributed by atoms with E-state index in [-0.39, 0.29) is 12.1 Å². The Balaban J connectivity index is 2.27. The molecule has 2 heterocycles. The van der Waals surface area contributed by atoms with Gasteiger partial charge in [-0.3, -0.25) is 0 Å². The van der Waals surface area contributed by atoms with Gasteiger partial charge < -0.3 is 19.5 Å². The second kappa shape index (κ2) is 7.40. The van der Waals surface area contributed by atoms with Gasteiger partial charge in [-0.1, -0.05) is 6.92 Å². The first-order valence-electron chi connectivity index (χ1n) is 7.10. The van der Waals surface area contributed by atoms with E-state index in [4.69, 9.17) is 14.2 Å². The van der Waals surface area contributed by atoms with Gasteiger partial charge in [-0.15, -0.1) is 0 Å². The molecule has 1 saturated heterocycles. The van der Waals surface area contributed by atoms with Gasteiger partial charge in [0.2, 0.25) is 11.8 Å². The predicted octanol–water partition coefficient (Wildman–Crippen LogP) is 1.71. The lowest BCUT2D eigenvalue weighted by molar-refractivity contribution is -0.00938. The molecule has 2 rings (SSSR count). The van der Waals surface area contributed by atoms with Crippen LogP contribution in [0, 0.1) is 0 Å². The molecule has 0 radical (unpaired) electrons. The maximum absolute atomic E-state index is 5.89. The van der Waals surface area contributed by atoms with Gasteiger partial charge in [0, 0.05) is 6.61 Å². The number of ether oxygens (including phenoxy) is 3. The van der Waals surface area contributed by atoms with Crippen molar-refractivity contribution in [1.82, 2.24) is 15.3 Å². The van der Waals surface area contributed by atoms with Gasteiger partial charge in [0.15, 0.2) is 0 Å². The zero-order valence-corrected chi connectivity index (χ0v) is 12.4. The molecule has 1 aromatic rings. The van der Waals surface area contributed by atoms with Crippen LogP contribution < -0.4 is 14.8 Å². The average molecular weight is 281 g/mol. The maximum atomic E-state index is 5.89. The van der Waals surface area contributed by atoms with Gasteiger partial charge in [-0.25, -0.2) is 4.98 Å². The minimum Gasteiger partial charge on any atom is -0.480 e. The highest BCUT2D eigenvalue weighted by molar-refractivity contribution is 5.26. The van der Waals surface area contributed by atoms with Gasteiger partial charge in [-0.2, -0.15) is 4.98 Å². The highest BCUT2D eigenvalue weighted by atomic mass is 16.5. The van der Waals surface area contributed by atoms with E-state index in [1.54, 1.807) is 20.4 Å². The summed E-state index contributed by atoms with van der Waals surface area (Å²) in [7, 11) is 3.16. The summed E-state index contributed by atoms with van der Waals surface area (Å²) in [5.41, 5.74) is 0.780. The van der Waals surface area contributed by atoms with Crippen molar-refractivity contribution < 1.29 is 14.2 Å². The molecule has 0 saturated carbocycles. The summed E-state index contributed by atoms with van der Waals surface area (Å²) in [4.78, 5) is 8.76. The largest absolute Gasteiger partial charge is 0.480 e. The zero-order valence-electron chi connectivity index (χ0n) is 12.4. The van der Waals surface area contributed by atoms with E-state index < -0.39 is 0 Å². The molecular formula is C14H23N3O3. The molecule has 6 heteroatoms. The first kappa shape index (κ1) is 15.0. The molecule has 20 heavy (non-hydrogen) atoms. The molecule has 0 spiro atoms. The van der Waals surface area contributed by atoms with E-state index in [9.17, 15) is 0 Å². The van der Waals surface area contributed by atoms with Crippen molar-refractivity contribution in [2.75, 3.05) is 27.4 Å². The summed E-state index contributed by atoms with van der Waals surface area (Å²) in [6, 6.07) is -0.00587. The first-order chi connectivity index (χ1) is 9.80. The van der Waals surface area contributed by atoms with E-state index in [1.807, 2.05) is 0 Å². The van der Waals surface area contributed by atoms with Crippen LogP contribution >= 0.6 is 0 Å². The van der Waals surface area contributed by atoms with Crippen LogP contribution in [0.2, 0.25) is 0 Å². The topological polar surface area (TPSA) is 65.5 Å². The Bertz CT molecular complexity index is 422. The molecule has 0 aliphatic carbocycles. The van der Waals surface area contributed by atoms with E-state index in [2.05, 4.69) is 22.2 Å². The van der Waals surface area contributed by atoms with Gasteiger partial charge in [0.25, 0.3) is 0 Å². The van der Waals surface area contributed by atoms with Crippen LogP contribution in [0.25, 0.3) is 0 Å². The van der Waals surface area contributed by atoms with Gasteiger partial charge >= 0.3 is 0 Å². The Morgan fingerprint density at radius 1 is 1.40 bits per heavy atom. The normalized spacial score (nSPS) is 20.4. The van der Waals surface area contributed by atoms with Crippen LogP contribution in [0.5, 0.6) is 11.8 Å². The zero-order chi connectivity index (χ0) is 14.4. The molecule has 112 valence electrons. The summed E-state index contributed by atoms with van der Waals surface area (Å²) in [5.74, 6) is 0.940.